The minimum atomic E-state index is -0.328. The number of rotatable bonds is 3. The fraction of sp³-hybridized carbons (Fsp3) is 0.625. The number of aliphatic hydroxyl groups excluding tert-OH is 1. The molecule has 0 aromatic heterocycles. The van der Waals surface area contributed by atoms with Crippen LogP contribution in [0.1, 0.15) is 30.1 Å². The van der Waals surface area contributed by atoms with Crippen LogP contribution in [0.4, 0.5) is 0 Å². The number of aliphatic hydroxyl groups is 1. The lowest BCUT2D eigenvalue weighted by Crippen LogP contribution is -2.41. The third-order valence-corrected chi connectivity index (χ3v) is 4.64. The zero-order chi connectivity index (χ0) is 13.2. The fourth-order valence-electron chi connectivity index (χ4n) is 3.64. The molecular weight excluding hydrogens is 238 g/mol. The first-order valence-corrected chi connectivity index (χ1v) is 7.28. The molecular formula is C16H23NO2. The molecule has 1 N–H and O–H groups in total. The number of hydrogen-bond donors (Lipinski definition) is 1. The predicted octanol–water partition coefficient (Wildman–Crippen LogP) is 2.00. The maximum absolute atomic E-state index is 10.6. The first-order chi connectivity index (χ1) is 9.29. The van der Waals surface area contributed by atoms with Gasteiger partial charge in [0, 0.05) is 19.7 Å². The van der Waals surface area contributed by atoms with Crippen molar-refractivity contribution in [2.75, 3.05) is 26.8 Å². The van der Waals surface area contributed by atoms with Gasteiger partial charge in [0.25, 0.3) is 0 Å². The van der Waals surface area contributed by atoms with Gasteiger partial charge in [-0.2, -0.15) is 0 Å². The molecule has 2 aliphatic rings. The Morgan fingerprint density at radius 1 is 1.32 bits per heavy atom. The fourth-order valence-corrected chi connectivity index (χ4v) is 3.64. The van der Waals surface area contributed by atoms with Gasteiger partial charge in [0.05, 0.1) is 12.7 Å². The van der Waals surface area contributed by atoms with Crippen molar-refractivity contribution in [2.24, 2.45) is 5.92 Å². The summed E-state index contributed by atoms with van der Waals surface area (Å²) in [6.45, 7) is 3.01. The van der Waals surface area contributed by atoms with E-state index in [0.29, 0.717) is 5.92 Å². The summed E-state index contributed by atoms with van der Waals surface area (Å²) in [6, 6.07) is 8.61. The number of nitrogens with zero attached hydrogens (tertiary/aromatic N) is 1. The molecule has 0 bridgehead atoms. The largest absolute Gasteiger partial charge is 0.387 e. The topological polar surface area (TPSA) is 32.7 Å². The molecule has 1 aromatic carbocycles. The number of benzene rings is 1. The average Bonchev–Trinajstić information content (AvgIpc) is 2.88. The number of fused-ring (bicyclic) bond motifs is 1. The molecule has 3 rings (SSSR count). The van der Waals surface area contributed by atoms with E-state index in [9.17, 15) is 5.11 Å². The van der Waals surface area contributed by atoms with Crippen molar-refractivity contribution in [1.82, 2.24) is 4.90 Å². The van der Waals surface area contributed by atoms with E-state index in [4.69, 9.17) is 4.74 Å². The second-order valence-corrected chi connectivity index (χ2v) is 5.85. The summed E-state index contributed by atoms with van der Waals surface area (Å²) in [5.41, 5.74) is 2.45. The van der Waals surface area contributed by atoms with E-state index in [-0.39, 0.29) is 12.1 Å². The van der Waals surface area contributed by atoms with E-state index in [2.05, 4.69) is 23.1 Å². The molecule has 1 fully saturated rings. The third kappa shape index (κ3) is 2.55. The highest BCUT2D eigenvalue weighted by Crippen LogP contribution is 2.35. The lowest BCUT2D eigenvalue weighted by Gasteiger charge is -2.36. The second kappa shape index (κ2) is 5.61. The van der Waals surface area contributed by atoms with E-state index >= 15 is 0 Å². The zero-order valence-electron chi connectivity index (χ0n) is 11.6. The standard InChI is InChI=1S/C16H23NO2/c1-19-11-12-8-9-17(10-12)15-7-6-13-4-2-3-5-14(13)16(15)18/h2-5,12,15-16,18H,6-11H2,1H3. The van der Waals surface area contributed by atoms with Crippen molar-refractivity contribution >= 4 is 0 Å². The quantitative estimate of drug-likeness (QED) is 0.903. The second-order valence-electron chi connectivity index (χ2n) is 5.85. The van der Waals surface area contributed by atoms with Crippen molar-refractivity contribution in [3.63, 3.8) is 0 Å². The van der Waals surface area contributed by atoms with Crippen LogP contribution in [0.5, 0.6) is 0 Å². The number of methoxy groups -OCH3 is 1. The van der Waals surface area contributed by atoms with Gasteiger partial charge < -0.3 is 9.84 Å². The van der Waals surface area contributed by atoms with Gasteiger partial charge in [-0.1, -0.05) is 24.3 Å². The SMILES string of the molecule is COCC1CCN(C2CCc3ccccc3C2O)C1. The molecule has 1 aromatic rings. The number of hydrogen-bond acceptors (Lipinski definition) is 3. The van der Waals surface area contributed by atoms with E-state index in [1.54, 1.807) is 7.11 Å². The molecule has 3 unspecified atom stereocenters. The highest BCUT2D eigenvalue weighted by Gasteiger charge is 2.35. The molecule has 0 spiro atoms. The van der Waals surface area contributed by atoms with Gasteiger partial charge in [-0.05, 0) is 42.9 Å². The minimum Gasteiger partial charge on any atom is -0.387 e. The van der Waals surface area contributed by atoms with Gasteiger partial charge in [-0.25, -0.2) is 0 Å². The molecule has 0 saturated carbocycles. The Hall–Kier alpha value is -0.900. The number of ether oxygens (including phenoxy) is 1. The Morgan fingerprint density at radius 3 is 3.00 bits per heavy atom. The van der Waals surface area contributed by atoms with Gasteiger partial charge in [0.2, 0.25) is 0 Å². The predicted molar refractivity (Wildman–Crippen MR) is 75.1 cm³/mol. The molecule has 1 saturated heterocycles. The third-order valence-electron chi connectivity index (χ3n) is 4.64. The summed E-state index contributed by atoms with van der Waals surface area (Å²) < 4.78 is 5.26. The molecule has 3 atom stereocenters. The highest BCUT2D eigenvalue weighted by atomic mass is 16.5. The molecule has 3 nitrogen and oxygen atoms in total. The summed E-state index contributed by atoms with van der Waals surface area (Å²) in [5.74, 6) is 0.634. The van der Waals surface area contributed by atoms with Gasteiger partial charge in [0.1, 0.15) is 0 Å². The van der Waals surface area contributed by atoms with E-state index < -0.39 is 0 Å². The zero-order valence-corrected chi connectivity index (χ0v) is 11.6. The van der Waals surface area contributed by atoms with Crippen molar-refractivity contribution in [1.29, 1.82) is 0 Å². The van der Waals surface area contributed by atoms with E-state index in [1.807, 2.05) is 6.07 Å². The molecule has 19 heavy (non-hydrogen) atoms. The van der Waals surface area contributed by atoms with E-state index in [0.717, 1.165) is 38.1 Å². The minimum absolute atomic E-state index is 0.289. The van der Waals surface area contributed by atoms with Gasteiger partial charge in [-0.15, -0.1) is 0 Å². The number of likely N-dealkylation sites (tertiary alicyclic amines) is 1. The van der Waals surface area contributed by atoms with Crippen LogP contribution in [-0.2, 0) is 11.2 Å². The summed E-state index contributed by atoms with van der Waals surface area (Å²) in [7, 11) is 1.77. The van der Waals surface area contributed by atoms with Crippen LogP contribution < -0.4 is 0 Å². The van der Waals surface area contributed by atoms with Crippen LogP contribution in [0, 0.1) is 5.92 Å². The van der Waals surface area contributed by atoms with Crippen molar-refractivity contribution in [3.05, 3.63) is 35.4 Å². The summed E-state index contributed by atoms with van der Waals surface area (Å²) in [6.07, 6.45) is 3.02. The molecule has 104 valence electrons. The van der Waals surface area contributed by atoms with Gasteiger partial charge in [-0.3, -0.25) is 4.90 Å². The maximum atomic E-state index is 10.6. The van der Waals surface area contributed by atoms with Crippen molar-refractivity contribution in [2.45, 2.75) is 31.4 Å². The van der Waals surface area contributed by atoms with Crippen molar-refractivity contribution < 1.29 is 9.84 Å². The molecule has 1 aliphatic heterocycles. The Balaban J connectivity index is 1.71. The molecule has 1 heterocycles. The monoisotopic (exact) mass is 261 g/mol. The lowest BCUT2D eigenvalue weighted by atomic mass is 9.85. The van der Waals surface area contributed by atoms with Crippen LogP contribution in [0.3, 0.4) is 0 Å². The summed E-state index contributed by atoms with van der Waals surface area (Å²) in [4.78, 5) is 2.46. The Bertz CT molecular complexity index is 435. The summed E-state index contributed by atoms with van der Waals surface area (Å²) in [5, 5.41) is 10.6. The molecule has 3 heteroatoms. The summed E-state index contributed by atoms with van der Waals surface area (Å²) >= 11 is 0. The number of aryl methyl sites for hydroxylation is 1. The average molecular weight is 261 g/mol. The van der Waals surface area contributed by atoms with Crippen molar-refractivity contribution in [3.8, 4) is 0 Å². The highest BCUT2D eigenvalue weighted by molar-refractivity contribution is 5.32. The Kier molecular flexibility index (Phi) is 3.87. The smallest absolute Gasteiger partial charge is 0.0947 e. The maximum Gasteiger partial charge on any atom is 0.0947 e. The lowest BCUT2D eigenvalue weighted by molar-refractivity contribution is 0.0440. The van der Waals surface area contributed by atoms with Crippen LogP contribution in [0.15, 0.2) is 24.3 Å². The van der Waals surface area contributed by atoms with E-state index in [1.165, 1.54) is 12.0 Å². The van der Waals surface area contributed by atoms with Gasteiger partial charge in [0.15, 0.2) is 0 Å². The first kappa shape index (κ1) is 13.1. The first-order valence-electron chi connectivity index (χ1n) is 7.28. The van der Waals surface area contributed by atoms with Crippen LogP contribution in [0.25, 0.3) is 0 Å². The molecule has 1 aliphatic carbocycles. The Labute approximate surface area is 115 Å². The van der Waals surface area contributed by atoms with Crippen LogP contribution in [-0.4, -0.2) is 42.9 Å². The van der Waals surface area contributed by atoms with Gasteiger partial charge >= 0.3 is 0 Å². The molecule has 0 amide bonds. The van der Waals surface area contributed by atoms with Crippen LogP contribution >= 0.6 is 0 Å². The Morgan fingerprint density at radius 2 is 2.16 bits per heavy atom. The molecule has 0 radical (unpaired) electrons. The van der Waals surface area contributed by atoms with Crippen LogP contribution in [0.2, 0.25) is 0 Å². The normalized spacial score (nSPS) is 31.4.